The Hall–Kier alpha value is -0.910. The average molecular weight is 470 g/mol. The smallest absolute Gasteiger partial charge is 0.0830 e. The first kappa shape index (κ1) is 19.4. The summed E-state index contributed by atoms with van der Waals surface area (Å²) in [6.45, 7) is 4.66. The van der Waals surface area contributed by atoms with Crippen molar-refractivity contribution in [2.75, 3.05) is 18.0 Å². The molecule has 0 radical (unpaired) electrons. The summed E-state index contributed by atoms with van der Waals surface area (Å²) in [5.41, 5.74) is 3.55. The summed E-state index contributed by atoms with van der Waals surface area (Å²) in [6.07, 6.45) is 2.57. The van der Waals surface area contributed by atoms with E-state index < -0.39 is 0 Å². The maximum atomic E-state index is 4.87. The van der Waals surface area contributed by atoms with Crippen molar-refractivity contribution in [2.24, 2.45) is 5.92 Å². The van der Waals surface area contributed by atoms with E-state index in [1.807, 2.05) is 0 Å². The summed E-state index contributed by atoms with van der Waals surface area (Å²) in [5, 5.41) is 3.39. The lowest BCUT2D eigenvalue weighted by Crippen LogP contribution is -2.32. The first-order valence-electron chi connectivity index (χ1n) is 8.00. The van der Waals surface area contributed by atoms with Crippen molar-refractivity contribution in [3.05, 3.63) is 47.8 Å². The van der Waals surface area contributed by atoms with Crippen molar-refractivity contribution in [1.82, 2.24) is 4.98 Å². The molecule has 0 spiro atoms. The highest BCUT2D eigenvalue weighted by atomic mass is 79.9. The number of hydrogen-bond acceptors (Lipinski definition) is 3. The van der Waals surface area contributed by atoms with Crippen molar-refractivity contribution >= 4 is 61.9 Å². The van der Waals surface area contributed by atoms with Crippen LogP contribution in [0.4, 0.5) is 5.69 Å². The maximum Gasteiger partial charge on any atom is 0.0830 e. The van der Waals surface area contributed by atoms with Crippen molar-refractivity contribution in [3.8, 4) is 10.6 Å². The quantitative estimate of drug-likeness (QED) is 0.434. The lowest BCUT2D eigenvalue weighted by atomic mass is 9.98. The van der Waals surface area contributed by atoms with Gasteiger partial charge in [0, 0.05) is 24.2 Å². The first-order valence-corrected chi connectivity index (χ1v) is 8.88. The number of hydrogen-bond donors (Lipinski definition) is 0. The number of thiophene rings is 1. The minimum atomic E-state index is 0. The lowest BCUT2D eigenvalue weighted by molar-refractivity contribution is 0.439. The minimum Gasteiger partial charge on any atom is -0.371 e. The molecular weight excluding hydrogens is 448 g/mol. The fourth-order valence-corrected chi connectivity index (χ4v) is 3.90. The summed E-state index contributed by atoms with van der Waals surface area (Å²) >= 11 is 1.76. The molecule has 1 aliphatic heterocycles. The van der Waals surface area contributed by atoms with Crippen LogP contribution in [-0.2, 0) is 0 Å². The first-order chi connectivity index (χ1) is 10.8. The van der Waals surface area contributed by atoms with Crippen LogP contribution in [0.2, 0.25) is 0 Å². The van der Waals surface area contributed by atoms with Crippen molar-refractivity contribution in [2.45, 2.75) is 19.8 Å². The highest BCUT2D eigenvalue weighted by Gasteiger charge is 2.19. The van der Waals surface area contributed by atoms with Crippen LogP contribution in [0.25, 0.3) is 21.5 Å². The molecule has 2 aromatic heterocycles. The standard InChI is InChI=1S/C19H20N2S.2BrH/c1-14-8-10-21(11-9-14)18-13-17(19-7-4-12-22-19)20-16-6-3-2-5-15(16)18;;/h2-7,12-14H,8-11H2,1H3;2*1H. The van der Waals surface area contributed by atoms with E-state index in [1.165, 1.54) is 28.8 Å². The second-order valence-corrected chi connectivity index (χ2v) is 7.14. The van der Waals surface area contributed by atoms with E-state index in [4.69, 9.17) is 4.98 Å². The van der Waals surface area contributed by atoms with E-state index in [1.54, 1.807) is 11.3 Å². The van der Waals surface area contributed by atoms with Crippen molar-refractivity contribution in [3.63, 3.8) is 0 Å². The molecule has 0 amide bonds. The summed E-state index contributed by atoms with van der Waals surface area (Å²) in [5.74, 6) is 0.848. The average Bonchev–Trinajstić information content (AvgIpc) is 3.09. The van der Waals surface area contributed by atoms with Gasteiger partial charge in [-0.05, 0) is 42.3 Å². The van der Waals surface area contributed by atoms with Gasteiger partial charge in [0.15, 0.2) is 0 Å². The second-order valence-electron chi connectivity index (χ2n) is 6.19. The molecule has 0 bridgehead atoms. The third-order valence-corrected chi connectivity index (χ3v) is 5.48. The third-order valence-electron chi connectivity index (χ3n) is 4.59. The number of fused-ring (bicyclic) bond motifs is 1. The molecule has 128 valence electrons. The SMILES string of the molecule is Br.Br.CC1CCN(c2cc(-c3cccs3)nc3ccccc23)CC1. The Balaban J connectivity index is 0.00000104. The normalized spacial score (nSPS) is 15.0. The Labute approximate surface area is 168 Å². The van der Waals surface area contributed by atoms with Gasteiger partial charge >= 0.3 is 0 Å². The number of nitrogens with zero attached hydrogens (tertiary/aromatic N) is 2. The van der Waals surface area contributed by atoms with E-state index >= 15 is 0 Å². The van der Waals surface area contributed by atoms with Gasteiger partial charge in [-0.3, -0.25) is 0 Å². The maximum absolute atomic E-state index is 4.87. The molecule has 1 fully saturated rings. The molecule has 3 heterocycles. The van der Waals surface area contributed by atoms with E-state index in [9.17, 15) is 0 Å². The largest absolute Gasteiger partial charge is 0.371 e. The molecular formula is C19H22Br2N2S. The molecule has 0 aliphatic carbocycles. The van der Waals surface area contributed by atoms with Crippen LogP contribution in [-0.4, -0.2) is 18.1 Å². The zero-order valence-corrected chi connectivity index (χ0v) is 17.9. The molecule has 24 heavy (non-hydrogen) atoms. The fourth-order valence-electron chi connectivity index (χ4n) is 3.22. The van der Waals surface area contributed by atoms with Crippen LogP contribution in [0.3, 0.4) is 0 Å². The van der Waals surface area contributed by atoms with E-state index in [0.717, 1.165) is 30.2 Å². The number of pyridine rings is 1. The van der Waals surface area contributed by atoms with Gasteiger partial charge in [0.2, 0.25) is 0 Å². The number of rotatable bonds is 2. The lowest BCUT2D eigenvalue weighted by Gasteiger charge is -2.33. The molecule has 5 heteroatoms. The number of para-hydroxylation sites is 1. The zero-order valence-electron chi connectivity index (χ0n) is 13.6. The number of halogens is 2. The number of piperidine rings is 1. The Kier molecular flexibility index (Phi) is 6.84. The van der Waals surface area contributed by atoms with Gasteiger partial charge in [0.1, 0.15) is 0 Å². The van der Waals surface area contributed by atoms with Gasteiger partial charge in [-0.15, -0.1) is 45.3 Å². The topological polar surface area (TPSA) is 16.1 Å². The third kappa shape index (κ3) is 3.84. The number of benzene rings is 1. The molecule has 4 rings (SSSR count). The molecule has 1 aromatic carbocycles. The van der Waals surface area contributed by atoms with Crippen molar-refractivity contribution < 1.29 is 0 Å². The van der Waals surface area contributed by atoms with E-state index in [2.05, 4.69) is 59.7 Å². The summed E-state index contributed by atoms with van der Waals surface area (Å²) in [4.78, 5) is 8.66. The minimum absolute atomic E-state index is 0. The van der Waals surface area contributed by atoms with Crippen LogP contribution in [0.5, 0.6) is 0 Å². The van der Waals surface area contributed by atoms with Crippen LogP contribution in [0.1, 0.15) is 19.8 Å². The highest BCUT2D eigenvalue weighted by Crippen LogP contribution is 2.34. The molecule has 3 aromatic rings. The molecule has 0 unspecified atom stereocenters. The predicted octanol–water partition coefficient (Wildman–Crippen LogP) is 6.36. The van der Waals surface area contributed by atoms with Gasteiger partial charge in [-0.2, -0.15) is 0 Å². The Morgan fingerprint density at radius 2 is 1.79 bits per heavy atom. The number of anilines is 1. The monoisotopic (exact) mass is 468 g/mol. The second kappa shape index (κ2) is 8.45. The molecule has 1 aliphatic rings. The fraction of sp³-hybridized carbons (Fsp3) is 0.316. The van der Waals surface area contributed by atoms with E-state index in [0.29, 0.717) is 0 Å². The summed E-state index contributed by atoms with van der Waals surface area (Å²) < 4.78 is 0. The van der Waals surface area contributed by atoms with Crippen molar-refractivity contribution in [1.29, 1.82) is 0 Å². The zero-order chi connectivity index (χ0) is 14.9. The summed E-state index contributed by atoms with van der Waals surface area (Å²) in [6, 6.07) is 15.1. The highest BCUT2D eigenvalue weighted by molar-refractivity contribution is 8.93. The number of aromatic nitrogens is 1. The Morgan fingerprint density at radius 1 is 1.04 bits per heavy atom. The molecule has 2 nitrogen and oxygen atoms in total. The molecule has 1 saturated heterocycles. The Morgan fingerprint density at radius 3 is 2.50 bits per heavy atom. The van der Waals surface area contributed by atoms with Crippen LogP contribution in [0.15, 0.2) is 47.8 Å². The molecule has 0 N–H and O–H groups in total. The van der Waals surface area contributed by atoms with Crippen LogP contribution < -0.4 is 4.90 Å². The Bertz CT molecular complexity index is 781. The molecule has 0 saturated carbocycles. The van der Waals surface area contributed by atoms with Crippen LogP contribution >= 0.6 is 45.3 Å². The summed E-state index contributed by atoms with van der Waals surface area (Å²) in [7, 11) is 0. The van der Waals surface area contributed by atoms with Gasteiger partial charge in [0.05, 0.1) is 16.1 Å². The van der Waals surface area contributed by atoms with Gasteiger partial charge in [-0.1, -0.05) is 31.2 Å². The predicted molar refractivity (Wildman–Crippen MR) is 116 cm³/mol. The molecule has 0 atom stereocenters. The van der Waals surface area contributed by atoms with Gasteiger partial charge < -0.3 is 4.90 Å². The van der Waals surface area contributed by atoms with Crippen LogP contribution in [0, 0.1) is 5.92 Å². The van der Waals surface area contributed by atoms with Gasteiger partial charge in [-0.25, -0.2) is 4.98 Å². The van der Waals surface area contributed by atoms with Gasteiger partial charge in [0.25, 0.3) is 0 Å². The van der Waals surface area contributed by atoms with E-state index in [-0.39, 0.29) is 34.0 Å².